The van der Waals surface area contributed by atoms with E-state index in [4.69, 9.17) is 4.74 Å². The molecule has 0 saturated carbocycles. The van der Waals surface area contributed by atoms with Crippen LogP contribution in [0.2, 0.25) is 0 Å². The van der Waals surface area contributed by atoms with Crippen molar-refractivity contribution in [2.45, 2.75) is 12.3 Å². The summed E-state index contributed by atoms with van der Waals surface area (Å²) in [7, 11) is 3.91. The first-order valence-electron chi connectivity index (χ1n) is 7.72. The van der Waals surface area contributed by atoms with Crippen LogP contribution in [-0.2, 0) is 0 Å². The van der Waals surface area contributed by atoms with Gasteiger partial charge in [0.25, 0.3) is 0 Å². The molecule has 1 aromatic rings. The van der Waals surface area contributed by atoms with Gasteiger partial charge in [-0.2, -0.15) is 0 Å². The standard InChI is InChI=1S/C18H24N2O/c1-19-10-12-20(13-11-19)17-5-3-4-16(14-17)15-6-8-18(21-2)9-7-15/h3,5-9,14,16H,4,10-13H2,1-2H3. The van der Waals surface area contributed by atoms with Gasteiger partial charge < -0.3 is 14.5 Å². The number of rotatable bonds is 3. The monoisotopic (exact) mass is 284 g/mol. The Morgan fingerprint density at radius 2 is 1.76 bits per heavy atom. The minimum atomic E-state index is 0.482. The van der Waals surface area contributed by atoms with Crippen molar-refractivity contribution < 1.29 is 4.74 Å². The second-order valence-corrected chi connectivity index (χ2v) is 5.90. The summed E-state index contributed by atoms with van der Waals surface area (Å²) in [6.07, 6.45) is 8.10. The van der Waals surface area contributed by atoms with Gasteiger partial charge in [-0.25, -0.2) is 0 Å². The summed E-state index contributed by atoms with van der Waals surface area (Å²) in [5, 5.41) is 0. The lowest BCUT2D eigenvalue weighted by Crippen LogP contribution is -2.43. The van der Waals surface area contributed by atoms with Gasteiger partial charge in [-0.05, 0) is 37.2 Å². The highest BCUT2D eigenvalue weighted by molar-refractivity contribution is 5.36. The zero-order valence-corrected chi connectivity index (χ0v) is 13.0. The predicted molar refractivity (Wildman–Crippen MR) is 86.6 cm³/mol. The molecule has 1 aromatic carbocycles. The maximum atomic E-state index is 5.24. The number of allylic oxidation sites excluding steroid dienone is 3. The van der Waals surface area contributed by atoms with Crippen molar-refractivity contribution in [2.75, 3.05) is 40.3 Å². The van der Waals surface area contributed by atoms with E-state index in [0.717, 1.165) is 38.3 Å². The molecule has 1 aliphatic heterocycles. The molecule has 3 nitrogen and oxygen atoms in total. The minimum Gasteiger partial charge on any atom is -0.497 e. The molecule has 1 heterocycles. The lowest BCUT2D eigenvalue weighted by molar-refractivity contribution is 0.189. The van der Waals surface area contributed by atoms with E-state index in [2.05, 4.69) is 59.3 Å². The largest absolute Gasteiger partial charge is 0.497 e. The van der Waals surface area contributed by atoms with E-state index in [1.807, 2.05) is 0 Å². The molecule has 0 N–H and O–H groups in total. The fourth-order valence-electron chi connectivity index (χ4n) is 3.02. The summed E-state index contributed by atoms with van der Waals surface area (Å²) >= 11 is 0. The number of ether oxygens (including phenoxy) is 1. The second-order valence-electron chi connectivity index (χ2n) is 5.90. The summed E-state index contributed by atoms with van der Waals surface area (Å²) in [5.41, 5.74) is 2.75. The molecular formula is C18H24N2O. The number of hydrogen-bond donors (Lipinski definition) is 0. The molecule has 1 atom stereocenters. The minimum absolute atomic E-state index is 0.482. The lowest BCUT2D eigenvalue weighted by atomic mass is 9.91. The predicted octanol–water partition coefficient (Wildman–Crippen LogP) is 2.87. The highest BCUT2D eigenvalue weighted by Gasteiger charge is 2.19. The van der Waals surface area contributed by atoms with Gasteiger partial charge in [0.15, 0.2) is 0 Å². The fraction of sp³-hybridized carbons (Fsp3) is 0.444. The van der Waals surface area contributed by atoms with Gasteiger partial charge in [-0.3, -0.25) is 0 Å². The van der Waals surface area contributed by atoms with Crippen molar-refractivity contribution >= 4 is 0 Å². The van der Waals surface area contributed by atoms with E-state index >= 15 is 0 Å². The van der Waals surface area contributed by atoms with Gasteiger partial charge in [-0.1, -0.05) is 24.3 Å². The quantitative estimate of drug-likeness (QED) is 0.849. The van der Waals surface area contributed by atoms with Gasteiger partial charge >= 0.3 is 0 Å². The first-order valence-corrected chi connectivity index (χ1v) is 7.72. The second kappa shape index (κ2) is 6.35. The van der Waals surface area contributed by atoms with Crippen LogP contribution in [-0.4, -0.2) is 50.1 Å². The van der Waals surface area contributed by atoms with Crippen molar-refractivity contribution in [3.05, 3.63) is 53.8 Å². The Kier molecular flexibility index (Phi) is 4.30. The average Bonchev–Trinajstić information content (AvgIpc) is 2.56. The van der Waals surface area contributed by atoms with E-state index in [9.17, 15) is 0 Å². The Balaban J connectivity index is 1.73. The molecule has 2 aliphatic rings. The van der Waals surface area contributed by atoms with Crippen molar-refractivity contribution in [3.63, 3.8) is 0 Å². The number of nitrogens with zero attached hydrogens (tertiary/aromatic N) is 2. The molecule has 1 unspecified atom stereocenters. The Bertz CT molecular complexity index is 525. The summed E-state index contributed by atoms with van der Waals surface area (Å²) in [6.45, 7) is 4.56. The van der Waals surface area contributed by atoms with Crippen LogP contribution in [0.4, 0.5) is 0 Å². The molecule has 1 saturated heterocycles. The third-order valence-electron chi connectivity index (χ3n) is 4.46. The zero-order chi connectivity index (χ0) is 14.7. The number of methoxy groups -OCH3 is 1. The van der Waals surface area contributed by atoms with E-state index in [1.165, 1.54) is 11.3 Å². The van der Waals surface area contributed by atoms with Gasteiger partial charge in [0.05, 0.1) is 7.11 Å². The summed E-state index contributed by atoms with van der Waals surface area (Å²) in [6, 6.07) is 8.47. The maximum Gasteiger partial charge on any atom is 0.118 e. The number of piperazine rings is 1. The molecule has 3 rings (SSSR count). The van der Waals surface area contributed by atoms with Crippen LogP contribution in [0.25, 0.3) is 0 Å². The molecular weight excluding hydrogens is 260 g/mol. The van der Waals surface area contributed by atoms with Crippen molar-refractivity contribution in [1.82, 2.24) is 9.80 Å². The normalized spacial score (nSPS) is 23.0. The zero-order valence-electron chi connectivity index (χ0n) is 13.0. The third kappa shape index (κ3) is 3.30. The lowest BCUT2D eigenvalue weighted by Gasteiger charge is -2.36. The molecule has 1 aliphatic carbocycles. The highest BCUT2D eigenvalue weighted by atomic mass is 16.5. The van der Waals surface area contributed by atoms with E-state index < -0.39 is 0 Å². The Morgan fingerprint density at radius 1 is 1.05 bits per heavy atom. The first-order chi connectivity index (χ1) is 10.3. The highest BCUT2D eigenvalue weighted by Crippen LogP contribution is 2.29. The van der Waals surface area contributed by atoms with E-state index in [1.54, 1.807) is 7.11 Å². The Hall–Kier alpha value is -1.74. The molecule has 3 heteroatoms. The van der Waals surface area contributed by atoms with Crippen LogP contribution < -0.4 is 4.74 Å². The number of hydrogen-bond acceptors (Lipinski definition) is 3. The Labute approximate surface area is 127 Å². The van der Waals surface area contributed by atoms with Crippen LogP contribution >= 0.6 is 0 Å². The van der Waals surface area contributed by atoms with Gasteiger partial charge in [0.2, 0.25) is 0 Å². The van der Waals surface area contributed by atoms with Crippen molar-refractivity contribution in [3.8, 4) is 5.75 Å². The SMILES string of the molecule is COc1ccc(C2C=C(N3CCN(C)CC3)C=CC2)cc1. The van der Waals surface area contributed by atoms with Crippen LogP contribution in [0.5, 0.6) is 5.75 Å². The summed E-state index contributed by atoms with van der Waals surface area (Å²) in [5.74, 6) is 1.41. The van der Waals surface area contributed by atoms with Crippen molar-refractivity contribution in [1.29, 1.82) is 0 Å². The van der Waals surface area contributed by atoms with Crippen LogP contribution in [0.15, 0.2) is 48.2 Å². The van der Waals surface area contributed by atoms with Crippen LogP contribution in [0.1, 0.15) is 17.9 Å². The van der Waals surface area contributed by atoms with E-state index in [-0.39, 0.29) is 0 Å². The first kappa shape index (κ1) is 14.2. The summed E-state index contributed by atoms with van der Waals surface area (Å²) in [4.78, 5) is 4.90. The van der Waals surface area contributed by atoms with Gasteiger partial charge in [0.1, 0.15) is 5.75 Å². The average molecular weight is 284 g/mol. The van der Waals surface area contributed by atoms with Crippen LogP contribution in [0.3, 0.4) is 0 Å². The molecule has 21 heavy (non-hydrogen) atoms. The smallest absolute Gasteiger partial charge is 0.118 e. The number of benzene rings is 1. The molecule has 1 fully saturated rings. The molecule has 0 aromatic heterocycles. The van der Waals surface area contributed by atoms with Gasteiger partial charge in [-0.15, -0.1) is 0 Å². The molecule has 0 spiro atoms. The van der Waals surface area contributed by atoms with Gasteiger partial charge in [0, 0.05) is 37.8 Å². The molecule has 0 amide bonds. The van der Waals surface area contributed by atoms with Crippen LogP contribution in [0, 0.1) is 0 Å². The molecule has 112 valence electrons. The van der Waals surface area contributed by atoms with Crippen molar-refractivity contribution in [2.24, 2.45) is 0 Å². The number of likely N-dealkylation sites (N-methyl/N-ethyl adjacent to an activating group) is 1. The Morgan fingerprint density at radius 3 is 2.43 bits per heavy atom. The molecule has 0 bridgehead atoms. The molecule has 0 radical (unpaired) electrons. The summed E-state index contributed by atoms with van der Waals surface area (Å²) < 4.78 is 5.24. The third-order valence-corrected chi connectivity index (χ3v) is 4.46. The van der Waals surface area contributed by atoms with E-state index in [0.29, 0.717) is 5.92 Å². The maximum absolute atomic E-state index is 5.24. The topological polar surface area (TPSA) is 15.7 Å². The fourth-order valence-corrected chi connectivity index (χ4v) is 3.02.